The summed E-state index contributed by atoms with van der Waals surface area (Å²) >= 11 is 0. The summed E-state index contributed by atoms with van der Waals surface area (Å²) in [4.78, 5) is 11.1. The molecule has 1 amide bonds. The number of carbonyl (C=O) groups is 1. The number of hydrogen-bond donors (Lipinski definition) is 1. The second-order valence-electron chi connectivity index (χ2n) is 3.33. The van der Waals surface area contributed by atoms with Gasteiger partial charge in [-0.15, -0.1) is 0 Å². The summed E-state index contributed by atoms with van der Waals surface area (Å²) in [6, 6.07) is 0. The van der Waals surface area contributed by atoms with Crippen LogP contribution >= 0.6 is 0 Å². The number of aryl methyl sites for hydroxylation is 2. The van der Waals surface area contributed by atoms with Crippen LogP contribution in [0.4, 0.5) is 23.7 Å². The lowest BCUT2D eigenvalue weighted by molar-refractivity contribution is -0.159. The van der Waals surface area contributed by atoms with Crippen LogP contribution in [0.25, 0.3) is 0 Å². The van der Waals surface area contributed by atoms with E-state index < -0.39 is 18.9 Å². The van der Waals surface area contributed by atoms with Crippen LogP contribution in [0.2, 0.25) is 0 Å². The number of ether oxygens (including phenoxy) is 1. The van der Waals surface area contributed by atoms with Crippen LogP contribution < -0.4 is 5.32 Å². The molecule has 0 saturated carbocycles. The Labute approximate surface area is 95.5 Å². The summed E-state index contributed by atoms with van der Waals surface area (Å²) in [6.07, 6.45) is -3.63. The lowest BCUT2D eigenvalue weighted by Gasteiger charge is -2.08. The van der Waals surface area contributed by atoms with Gasteiger partial charge in [-0.05, 0) is 6.42 Å². The van der Waals surface area contributed by atoms with Crippen molar-refractivity contribution in [3.63, 3.8) is 0 Å². The van der Waals surface area contributed by atoms with Crippen LogP contribution in [0, 0.1) is 0 Å². The van der Waals surface area contributed by atoms with Crippen LogP contribution in [0.1, 0.15) is 12.6 Å². The minimum absolute atomic E-state index is 0.349. The number of aromatic nitrogens is 2. The lowest BCUT2D eigenvalue weighted by atomic mass is 10.3. The van der Waals surface area contributed by atoms with Crippen LogP contribution in [-0.4, -0.2) is 28.7 Å². The molecule has 1 aromatic rings. The first kappa shape index (κ1) is 13.3. The van der Waals surface area contributed by atoms with Crippen molar-refractivity contribution in [2.75, 3.05) is 11.9 Å². The predicted octanol–water partition coefficient (Wildman–Crippen LogP) is 2.09. The molecule has 1 N–H and O–H groups in total. The number of anilines is 1. The predicted molar refractivity (Wildman–Crippen MR) is 53.6 cm³/mol. The van der Waals surface area contributed by atoms with E-state index in [2.05, 4.69) is 15.2 Å². The van der Waals surface area contributed by atoms with Crippen LogP contribution in [0.5, 0.6) is 0 Å². The molecular weight excluding hydrogens is 239 g/mol. The molecule has 0 bridgehead atoms. The van der Waals surface area contributed by atoms with Gasteiger partial charge in [0.25, 0.3) is 0 Å². The summed E-state index contributed by atoms with van der Waals surface area (Å²) in [5, 5.41) is 6.23. The Hall–Kier alpha value is -1.73. The standard InChI is InChI=1S/C9H12F3N3O2/c1-3-6-7(4-15(2)14-6)13-8(16)17-5-9(10,11)12/h4H,3,5H2,1-2H3,(H,13,16). The van der Waals surface area contributed by atoms with Crippen molar-refractivity contribution in [2.45, 2.75) is 19.5 Å². The Kier molecular flexibility index (Phi) is 3.97. The van der Waals surface area contributed by atoms with Crippen LogP contribution in [0.15, 0.2) is 6.20 Å². The summed E-state index contributed by atoms with van der Waals surface area (Å²) in [6.45, 7) is 0.203. The molecule has 0 saturated heterocycles. The van der Waals surface area contributed by atoms with Crippen molar-refractivity contribution >= 4 is 11.8 Å². The zero-order valence-electron chi connectivity index (χ0n) is 9.34. The molecular formula is C9H12F3N3O2. The number of hydrogen-bond acceptors (Lipinski definition) is 3. The number of amides is 1. The normalized spacial score (nSPS) is 11.4. The molecule has 1 aromatic heterocycles. The third-order valence-corrected chi connectivity index (χ3v) is 1.84. The van der Waals surface area contributed by atoms with E-state index in [1.165, 1.54) is 10.9 Å². The monoisotopic (exact) mass is 251 g/mol. The van der Waals surface area contributed by atoms with Crippen molar-refractivity contribution in [1.82, 2.24) is 9.78 Å². The maximum atomic E-state index is 11.8. The van der Waals surface area contributed by atoms with E-state index in [0.29, 0.717) is 17.8 Å². The highest BCUT2D eigenvalue weighted by molar-refractivity contribution is 5.85. The fraction of sp³-hybridized carbons (Fsp3) is 0.556. The number of carbonyl (C=O) groups excluding carboxylic acids is 1. The smallest absolute Gasteiger partial charge is 0.422 e. The summed E-state index contributed by atoms with van der Waals surface area (Å²) in [7, 11) is 1.64. The number of rotatable bonds is 3. The Balaban J connectivity index is 2.56. The number of halogens is 3. The van der Waals surface area contributed by atoms with Gasteiger partial charge < -0.3 is 4.74 Å². The molecule has 0 unspecified atom stereocenters. The average molecular weight is 251 g/mol. The minimum atomic E-state index is -4.53. The molecule has 5 nitrogen and oxygen atoms in total. The van der Waals surface area contributed by atoms with Gasteiger partial charge in [-0.3, -0.25) is 10.00 Å². The van der Waals surface area contributed by atoms with E-state index >= 15 is 0 Å². The second kappa shape index (κ2) is 5.07. The third kappa shape index (κ3) is 4.33. The summed E-state index contributed by atoms with van der Waals surface area (Å²) in [5.74, 6) is 0. The molecule has 8 heteroatoms. The molecule has 0 aromatic carbocycles. The average Bonchev–Trinajstić information content (AvgIpc) is 2.55. The van der Waals surface area contributed by atoms with Crippen molar-refractivity contribution in [3.8, 4) is 0 Å². The minimum Gasteiger partial charge on any atom is -0.440 e. The number of alkyl halides is 3. The molecule has 96 valence electrons. The highest BCUT2D eigenvalue weighted by atomic mass is 19.4. The molecule has 1 rings (SSSR count). The Morgan fingerprint density at radius 3 is 2.76 bits per heavy atom. The molecule has 0 fully saturated rings. The van der Waals surface area contributed by atoms with Gasteiger partial charge in [-0.25, -0.2) is 4.79 Å². The van der Waals surface area contributed by atoms with Gasteiger partial charge >= 0.3 is 12.3 Å². The van der Waals surface area contributed by atoms with Gasteiger partial charge in [-0.2, -0.15) is 18.3 Å². The molecule has 0 aliphatic rings. The van der Waals surface area contributed by atoms with E-state index in [1.54, 1.807) is 7.05 Å². The Morgan fingerprint density at radius 2 is 2.24 bits per heavy atom. The quantitative estimate of drug-likeness (QED) is 0.894. The fourth-order valence-electron chi connectivity index (χ4n) is 1.19. The van der Waals surface area contributed by atoms with E-state index in [4.69, 9.17) is 0 Å². The van der Waals surface area contributed by atoms with Gasteiger partial charge in [0, 0.05) is 13.2 Å². The van der Waals surface area contributed by atoms with Gasteiger partial charge in [-0.1, -0.05) is 6.92 Å². The molecule has 0 aliphatic heterocycles. The van der Waals surface area contributed by atoms with E-state index in [9.17, 15) is 18.0 Å². The molecule has 0 atom stereocenters. The Bertz CT molecular complexity index is 401. The highest BCUT2D eigenvalue weighted by Crippen LogP contribution is 2.16. The molecule has 0 spiro atoms. The number of nitrogens with zero attached hydrogens (tertiary/aromatic N) is 2. The van der Waals surface area contributed by atoms with E-state index in [1.807, 2.05) is 6.92 Å². The molecule has 1 heterocycles. The second-order valence-corrected chi connectivity index (χ2v) is 3.33. The van der Waals surface area contributed by atoms with Crippen LogP contribution in [0.3, 0.4) is 0 Å². The Morgan fingerprint density at radius 1 is 1.59 bits per heavy atom. The third-order valence-electron chi connectivity index (χ3n) is 1.84. The van der Waals surface area contributed by atoms with Crippen molar-refractivity contribution < 1.29 is 22.7 Å². The summed E-state index contributed by atoms with van der Waals surface area (Å²) < 4.78 is 40.8. The fourth-order valence-corrected chi connectivity index (χ4v) is 1.19. The SMILES string of the molecule is CCc1nn(C)cc1NC(=O)OCC(F)(F)F. The van der Waals surface area contributed by atoms with Gasteiger partial charge in [0.15, 0.2) is 6.61 Å². The maximum Gasteiger partial charge on any atom is 0.422 e. The first-order valence-electron chi connectivity index (χ1n) is 4.85. The molecule has 0 radical (unpaired) electrons. The van der Waals surface area contributed by atoms with Crippen LogP contribution in [-0.2, 0) is 18.2 Å². The van der Waals surface area contributed by atoms with Gasteiger partial charge in [0.1, 0.15) is 0 Å². The number of nitrogens with one attached hydrogen (secondary N) is 1. The summed E-state index contributed by atoms with van der Waals surface area (Å²) in [5.41, 5.74) is 0.929. The zero-order chi connectivity index (χ0) is 13.1. The van der Waals surface area contributed by atoms with Gasteiger partial charge in [0.2, 0.25) is 0 Å². The highest BCUT2D eigenvalue weighted by Gasteiger charge is 2.29. The van der Waals surface area contributed by atoms with Gasteiger partial charge in [0.05, 0.1) is 11.4 Å². The first-order chi connectivity index (χ1) is 7.81. The zero-order valence-corrected chi connectivity index (χ0v) is 9.34. The molecule has 17 heavy (non-hydrogen) atoms. The lowest BCUT2D eigenvalue weighted by Crippen LogP contribution is -2.23. The maximum absolute atomic E-state index is 11.8. The van der Waals surface area contributed by atoms with Crippen molar-refractivity contribution in [2.24, 2.45) is 7.05 Å². The van der Waals surface area contributed by atoms with E-state index in [0.717, 1.165) is 0 Å². The first-order valence-corrected chi connectivity index (χ1v) is 4.85. The van der Waals surface area contributed by atoms with E-state index in [-0.39, 0.29) is 0 Å². The largest absolute Gasteiger partial charge is 0.440 e. The van der Waals surface area contributed by atoms with Crippen molar-refractivity contribution in [1.29, 1.82) is 0 Å². The van der Waals surface area contributed by atoms with Crippen molar-refractivity contribution in [3.05, 3.63) is 11.9 Å². The molecule has 0 aliphatic carbocycles. The topological polar surface area (TPSA) is 56.2 Å².